The number of aryl methyl sites for hydroxylation is 2. The van der Waals surface area contributed by atoms with Crippen LogP contribution in [0.3, 0.4) is 0 Å². The molecule has 0 bridgehead atoms. The van der Waals surface area contributed by atoms with Crippen LogP contribution in [-0.4, -0.2) is 6.54 Å². The zero-order valence-corrected chi connectivity index (χ0v) is 10.7. The van der Waals surface area contributed by atoms with Crippen molar-refractivity contribution in [1.29, 1.82) is 0 Å². The molecule has 1 N–H and O–H groups in total. The lowest BCUT2D eigenvalue weighted by atomic mass is 9.76. The van der Waals surface area contributed by atoms with E-state index >= 15 is 0 Å². The zero-order valence-electron chi connectivity index (χ0n) is 10.7. The van der Waals surface area contributed by atoms with Crippen molar-refractivity contribution < 1.29 is 0 Å². The first-order valence-electron chi connectivity index (χ1n) is 6.53. The van der Waals surface area contributed by atoms with Crippen molar-refractivity contribution in [3.8, 4) is 0 Å². The second kappa shape index (κ2) is 5.01. The van der Waals surface area contributed by atoms with Crippen LogP contribution in [0.4, 0.5) is 0 Å². The molecule has 0 saturated heterocycles. The maximum absolute atomic E-state index is 3.67. The number of nitrogens with one attached hydrogen (secondary N) is 1. The number of benzene rings is 1. The van der Waals surface area contributed by atoms with Gasteiger partial charge in [0.1, 0.15) is 0 Å². The lowest BCUT2D eigenvalue weighted by molar-refractivity contribution is 0.232. The van der Waals surface area contributed by atoms with Crippen molar-refractivity contribution in [1.82, 2.24) is 5.32 Å². The molecular weight excluding hydrogens is 194 g/mol. The highest BCUT2D eigenvalue weighted by atomic mass is 14.9. The molecule has 1 fully saturated rings. The van der Waals surface area contributed by atoms with Gasteiger partial charge < -0.3 is 5.32 Å². The molecule has 1 atom stereocenters. The summed E-state index contributed by atoms with van der Waals surface area (Å²) in [6.45, 7) is 7.69. The van der Waals surface area contributed by atoms with Crippen LogP contribution in [0.2, 0.25) is 0 Å². The predicted octanol–water partition coefficient (Wildman–Crippen LogP) is 3.75. The minimum absolute atomic E-state index is 0.582. The average Bonchev–Trinajstić information content (AvgIpc) is 2.18. The van der Waals surface area contributed by atoms with Gasteiger partial charge in [-0.2, -0.15) is 0 Å². The molecule has 1 aliphatic carbocycles. The summed E-state index contributed by atoms with van der Waals surface area (Å²) < 4.78 is 0. The lowest BCUT2D eigenvalue weighted by Gasteiger charge is -2.35. The number of rotatable bonds is 4. The van der Waals surface area contributed by atoms with Gasteiger partial charge in [-0.15, -0.1) is 0 Å². The molecule has 1 unspecified atom stereocenters. The van der Waals surface area contributed by atoms with Gasteiger partial charge in [0.25, 0.3) is 0 Å². The molecule has 88 valence electrons. The molecule has 0 aromatic heterocycles. The van der Waals surface area contributed by atoms with Gasteiger partial charge >= 0.3 is 0 Å². The molecule has 0 spiro atoms. The standard InChI is InChI=1S/C15H23N/c1-4-16-15(13-6-5-7-13)14-10-11(2)8-9-12(14)3/h8-10,13,15-16H,4-7H2,1-3H3. The summed E-state index contributed by atoms with van der Waals surface area (Å²) in [5, 5.41) is 3.67. The fraction of sp³-hybridized carbons (Fsp3) is 0.600. The predicted molar refractivity (Wildman–Crippen MR) is 69.7 cm³/mol. The quantitative estimate of drug-likeness (QED) is 0.810. The summed E-state index contributed by atoms with van der Waals surface area (Å²) in [4.78, 5) is 0. The van der Waals surface area contributed by atoms with Crippen LogP contribution in [0.5, 0.6) is 0 Å². The van der Waals surface area contributed by atoms with Crippen molar-refractivity contribution in [2.45, 2.75) is 46.1 Å². The van der Waals surface area contributed by atoms with Crippen LogP contribution in [0.15, 0.2) is 18.2 Å². The zero-order chi connectivity index (χ0) is 11.5. The minimum Gasteiger partial charge on any atom is -0.310 e. The SMILES string of the molecule is CCNC(c1cc(C)ccc1C)C1CCC1. The summed E-state index contributed by atoms with van der Waals surface area (Å²) in [5.41, 5.74) is 4.33. The van der Waals surface area contributed by atoms with Crippen molar-refractivity contribution in [2.24, 2.45) is 5.92 Å². The van der Waals surface area contributed by atoms with Crippen LogP contribution in [0.25, 0.3) is 0 Å². The van der Waals surface area contributed by atoms with Gasteiger partial charge in [-0.05, 0) is 50.3 Å². The minimum atomic E-state index is 0.582. The number of hydrogen-bond donors (Lipinski definition) is 1. The molecule has 0 radical (unpaired) electrons. The summed E-state index contributed by atoms with van der Waals surface area (Å²) in [7, 11) is 0. The molecule has 1 heteroatoms. The van der Waals surface area contributed by atoms with Crippen LogP contribution in [0.1, 0.15) is 48.9 Å². The van der Waals surface area contributed by atoms with Crippen LogP contribution >= 0.6 is 0 Å². The second-order valence-electron chi connectivity index (χ2n) is 5.09. The van der Waals surface area contributed by atoms with Crippen LogP contribution in [0, 0.1) is 19.8 Å². The lowest BCUT2D eigenvalue weighted by Crippen LogP contribution is -2.32. The number of hydrogen-bond acceptors (Lipinski definition) is 1. The Morgan fingerprint density at radius 3 is 2.62 bits per heavy atom. The van der Waals surface area contributed by atoms with E-state index in [2.05, 4.69) is 44.3 Å². The summed E-state index contributed by atoms with van der Waals surface area (Å²) in [6, 6.07) is 7.41. The second-order valence-corrected chi connectivity index (χ2v) is 5.09. The van der Waals surface area contributed by atoms with E-state index in [1.807, 2.05) is 0 Å². The first kappa shape index (κ1) is 11.7. The van der Waals surface area contributed by atoms with Crippen LogP contribution in [-0.2, 0) is 0 Å². The van der Waals surface area contributed by atoms with Gasteiger partial charge in [0.15, 0.2) is 0 Å². The molecule has 2 rings (SSSR count). The highest BCUT2D eigenvalue weighted by Crippen LogP contribution is 2.38. The van der Waals surface area contributed by atoms with E-state index in [-0.39, 0.29) is 0 Å². The fourth-order valence-corrected chi connectivity index (χ4v) is 2.62. The Balaban J connectivity index is 2.25. The van der Waals surface area contributed by atoms with E-state index in [9.17, 15) is 0 Å². The van der Waals surface area contributed by atoms with Gasteiger partial charge in [-0.1, -0.05) is 37.1 Å². The molecule has 1 aliphatic rings. The van der Waals surface area contributed by atoms with Crippen molar-refractivity contribution >= 4 is 0 Å². The van der Waals surface area contributed by atoms with E-state index < -0.39 is 0 Å². The Morgan fingerprint density at radius 2 is 2.06 bits per heavy atom. The molecule has 16 heavy (non-hydrogen) atoms. The van der Waals surface area contributed by atoms with Crippen LogP contribution < -0.4 is 5.32 Å². The third-order valence-corrected chi connectivity index (χ3v) is 3.82. The maximum Gasteiger partial charge on any atom is 0.0351 e. The Morgan fingerprint density at radius 1 is 1.31 bits per heavy atom. The summed E-state index contributed by atoms with van der Waals surface area (Å²) in [6.07, 6.45) is 4.20. The smallest absolute Gasteiger partial charge is 0.0351 e. The average molecular weight is 217 g/mol. The van der Waals surface area contributed by atoms with Crippen molar-refractivity contribution in [3.05, 3.63) is 34.9 Å². The third-order valence-electron chi connectivity index (χ3n) is 3.82. The van der Waals surface area contributed by atoms with E-state index in [0.717, 1.165) is 12.5 Å². The van der Waals surface area contributed by atoms with Gasteiger partial charge in [0.05, 0.1) is 0 Å². The Hall–Kier alpha value is -0.820. The topological polar surface area (TPSA) is 12.0 Å². The molecule has 1 aromatic rings. The Labute approximate surface area is 99.3 Å². The molecule has 1 saturated carbocycles. The third kappa shape index (κ3) is 2.30. The molecule has 0 aliphatic heterocycles. The van der Waals surface area contributed by atoms with Crippen molar-refractivity contribution in [2.75, 3.05) is 6.54 Å². The van der Waals surface area contributed by atoms with Crippen molar-refractivity contribution in [3.63, 3.8) is 0 Å². The Kier molecular flexibility index (Phi) is 3.65. The molecular formula is C15H23N. The highest BCUT2D eigenvalue weighted by Gasteiger charge is 2.28. The van der Waals surface area contributed by atoms with Gasteiger partial charge in [-0.3, -0.25) is 0 Å². The Bertz CT molecular complexity index is 352. The normalized spacial score (nSPS) is 18.2. The molecule has 0 heterocycles. The fourth-order valence-electron chi connectivity index (χ4n) is 2.62. The monoisotopic (exact) mass is 217 g/mol. The summed E-state index contributed by atoms with van der Waals surface area (Å²) >= 11 is 0. The largest absolute Gasteiger partial charge is 0.310 e. The highest BCUT2D eigenvalue weighted by molar-refractivity contribution is 5.33. The van der Waals surface area contributed by atoms with Gasteiger partial charge in [0.2, 0.25) is 0 Å². The van der Waals surface area contributed by atoms with E-state index in [0.29, 0.717) is 6.04 Å². The van der Waals surface area contributed by atoms with Gasteiger partial charge in [-0.25, -0.2) is 0 Å². The van der Waals surface area contributed by atoms with E-state index in [1.165, 1.54) is 36.0 Å². The first-order chi connectivity index (χ1) is 7.72. The molecule has 1 aromatic carbocycles. The van der Waals surface area contributed by atoms with E-state index in [1.54, 1.807) is 0 Å². The first-order valence-corrected chi connectivity index (χ1v) is 6.53. The summed E-state index contributed by atoms with van der Waals surface area (Å²) in [5.74, 6) is 0.862. The molecule has 0 amide bonds. The van der Waals surface area contributed by atoms with E-state index in [4.69, 9.17) is 0 Å². The van der Waals surface area contributed by atoms with Gasteiger partial charge in [0, 0.05) is 6.04 Å². The maximum atomic E-state index is 3.67. The molecule has 1 nitrogen and oxygen atoms in total.